The molecule has 2 rings (SSSR count). The summed E-state index contributed by atoms with van der Waals surface area (Å²) < 4.78 is 38.6. The van der Waals surface area contributed by atoms with E-state index in [-0.39, 0.29) is 5.92 Å². The zero-order chi connectivity index (χ0) is 14.9. The van der Waals surface area contributed by atoms with Crippen molar-refractivity contribution in [3.05, 3.63) is 41.9 Å². The molecular formula is C14H14F3N3. The van der Waals surface area contributed by atoms with Crippen molar-refractivity contribution >= 4 is 5.82 Å². The summed E-state index contributed by atoms with van der Waals surface area (Å²) in [5.41, 5.74) is 6.11. The van der Waals surface area contributed by atoms with Crippen LogP contribution in [0.1, 0.15) is 31.0 Å². The van der Waals surface area contributed by atoms with Crippen LogP contribution in [0.4, 0.5) is 19.0 Å². The number of pyridine rings is 2. The lowest BCUT2D eigenvalue weighted by Gasteiger charge is -2.14. The Kier molecular flexibility index (Phi) is 3.65. The minimum absolute atomic E-state index is 0.0955. The molecule has 0 unspecified atom stereocenters. The van der Waals surface area contributed by atoms with E-state index in [4.69, 9.17) is 5.73 Å². The summed E-state index contributed by atoms with van der Waals surface area (Å²) in [6, 6.07) is 4.44. The zero-order valence-electron chi connectivity index (χ0n) is 11.1. The molecule has 2 aromatic rings. The fourth-order valence-electron chi connectivity index (χ4n) is 1.97. The zero-order valence-corrected chi connectivity index (χ0v) is 11.1. The van der Waals surface area contributed by atoms with Gasteiger partial charge in [-0.3, -0.25) is 4.98 Å². The van der Waals surface area contributed by atoms with Crippen LogP contribution in [-0.2, 0) is 6.18 Å². The van der Waals surface area contributed by atoms with Gasteiger partial charge in [0.1, 0.15) is 5.82 Å². The summed E-state index contributed by atoms with van der Waals surface area (Å²) in [6.45, 7) is 3.86. The summed E-state index contributed by atoms with van der Waals surface area (Å²) in [4.78, 5) is 7.88. The highest BCUT2D eigenvalue weighted by Gasteiger charge is 2.34. The minimum atomic E-state index is -4.52. The second-order valence-electron chi connectivity index (χ2n) is 4.75. The molecule has 20 heavy (non-hydrogen) atoms. The van der Waals surface area contributed by atoms with Crippen molar-refractivity contribution in [2.24, 2.45) is 0 Å². The van der Waals surface area contributed by atoms with Gasteiger partial charge in [0, 0.05) is 23.5 Å². The van der Waals surface area contributed by atoms with E-state index in [1.54, 1.807) is 18.3 Å². The van der Waals surface area contributed by atoms with Gasteiger partial charge in [-0.15, -0.1) is 0 Å². The van der Waals surface area contributed by atoms with Crippen molar-refractivity contribution < 1.29 is 13.2 Å². The van der Waals surface area contributed by atoms with E-state index in [1.807, 2.05) is 13.8 Å². The molecule has 0 saturated heterocycles. The van der Waals surface area contributed by atoms with Crippen LogP contribution >= 0.6 is 0 Å². The number of rotatable bonds is 2. The number of anilines is 1. The van der Waals surface area contributed by atoms with Gasteiger partial charge < -0.3 is 5.73 Å². The van der Waals surface area contributed by atoms with Crippen molar-refractivity contribution in [1.29, 1.82) is 0 Å². The van der Waals surface area contributed by atoms with Gasteiger partial charge in [0.15, 0.2) is 0 Å². The Labute approximate surface area is 114 Å². The van der Waals surface area contributed by atoms with Crippen LogP contribution in [-0.4, -0.2) is 9.97 Å². The largest absolute Gasteiger partial charge is 0.419 e. The number of nitrogens with zero attached hydrogens (tertiary/aromatic N) is 2. The molecule has 2 aromatic heterocycles. The summed E-state index contributed by atoms with van der Waals surface area (Å²) in [6.07, 6.45) is -1.56. The summed E-state index contributed by atoms with van der Waals surface area (Å²) in [7, 11) is 0. The van der Waals surface area contributed by atoms with Gasteiger partial charge in [0.25, 0.3) is 0 Å². The normalized spacial score (nSPS) is 11.9. The molecular weight excluding hydrogens is 267 g/mol. The third kappa shape index (κ3) is 2.74. The van der Waals surface area contributed by atoms with E-state index in [9.17, 15) is 13.2 Å². The highest BCUT2D eigenvalue weighted by Crippen LogP contribution is 2.36. The van der Waals surface area contributed by atoms with Gasteiger partial charge in [-0.1, -0.05) is 19.9 Å². The van der Waals surface area contributed by atoms with Gasteiger partial charge in [-0.2, -0.15) is 13.2 Å². The van der Waals surface area contributed by atoms with Crippen LogP contribution in [0.5, 0.6) is 0 Å². The van der Waals surface area contributed by atoms with Crippen LogP contribution < -0.4 is 5.73 Å². The Morgan fingerprint density at radius 2 is 1.90 bits per heavy atom. The first-order valence-corrected chi connectivity index (χ1v) is 6.08. The number of hydrogen-bond acceptors (Lipinski definition) is 3. The highest BCUT2D eigenvalue weighted by atomic mass is 19.4. The van der Waals surface area contributed by atoms with Gasteiger partial charge in [0.05, 0.1) is 11.3 Å². The average Bonchev–Trinajstić information content (AvgIpc) is 2.38. The number of nitrogens with two attached hydrogens (primary N) is 1. The van der Waals surface area contributed by atoms with Crippen LogP contribution in [0.2, 0.25) is 0 Å². The minimum Gasteiger partial charge on any atom is -0.383 e. The van der Waals surface area contributed by atoms with E-state index in [0.29, 0.717) is 11.1 Å². The molecule has 0 saturated carbocycles. The number of hydrogen-bond donors (Lipinski definition) is 1. The number of nitrogen functional groups attached to an aromatic ring is 1. The molecule has 2 heterocycles. The molecule has 0 spiro atoms. The maximum atomic E-state index is 12.9. The molecule has 6 heteroatoms. The lowest BCUT2D eigenvalue weighted by Crippen LogP contribution is -2.10. The summed E-state index contributed by atoms with van der Waals surface area (Å²) in [5, 5.41) is 0. The topological polar surface area (TPSA) is 51.8 Å². The maximum absolute atomic E-state index is 12.9. The second-order valence-corrected chi connectivity index (χ2v) is 4.75. The first-order chi connectivity index (χ1) is 9.30. The smallest absolute Gasteiger partial charge is 0.383 e. The van der Waals surface area contributed by atoms with Gasteiger partial charge in [0.2, 0.25) is 0 Å². The van der Waals surface area contributed by atoms with Crippen LogP contribution in [0.15, 0.2) is 30.6 Å². The molecule has 0 bridgehead atoms. The fourth-order valence-corrected chi connectivity index (χ4v) is 1.97. The van der Waals surface area contributed by atoms with Gasteiger partial charge in [-0.25, -0.2) is 4.98 Å². The standard InChI is InChI=1S/C14H14F3N3/c1-8(2)12-10(4-3-5-19-12)9-6-11(14(15,16)17)13(18)20-7-9/h3-8H,1-2H3,(H2,18,20). The molecule has 3 nitrogen and oxygen atoms in total. The molecule has 0 aliphatic rings. The fraction of sp³-hybridized carbons (Fsp3) is 0.286. The lowest BCUT2D eigenvalue weighted by molar-refractivity contribution is -0.137. The van der Waals surface area contributed by atoms with Crippen LogP contribution in [0.25, 0.3) is 11.1 Å². The predicted octanol–water partition coefficient (Wildman–Crippen LogP) is 3.87. The van der Waals surface area contributed by atoms with E-state index in [2.05, 4.69) is 9.97 Å². The average molecular weight is 281 g/mol. The highest BCUT2D eigenvalue weighted by molar-refractivity contribution is 5.68. The second kappa shape index (κ2) is 5.11. The number of halogens is 3. The van der Waals surface area contributed by atoms with E-state index >= 15 is 0 Å². The molecule has 0 aliphatic carbocycles. The first kappa shape index (κ1) is 14.3. The molecule has 0 amide bonds. The Hall–Kier alpha value is -2.11. The van der Waals surface area contributed by atoms with Gasteiger partial charge in [-0.05, 0) is 18.1 Å². The number of alkyl halides is 3. The molecule has 106 valence electrons. The summed E-state index contributed by atoms with van der Waals surface area (Å²) in [5.74, 6) is -0.422. The Morgan fingerprint density at radius 3 is 2.50 bits per heavy atom. The predicted molar refractivity (Wildman–Crippen MR) is 71.0 cm³/mol. The Morgan fingerprint density at radius 1 is 1.20 bits per heavy atom. The quantitative estimate of drug-likeness (QED) is 0.909. The van der Waals surface area contributed by atoms with Gasteiger partial charge >= 0.3 is 6.18 Å². The van der Waals surface area contributed by atoms with Crippen LogP contribution in [0, 0.1) is 0 Å². The van der Waals surface area contributed by atoms with Crippen molar-refractivity contribution in [3.63, 3.8) is 0 Å². The third-order valence-corrected chi connectivity index (χ3v) is 2.92. The molecule has 0 radical (unpaired) electrons. The van der Waals surface area contributed by atoms with Crippen molar-refractivity contribution in [2.75, 3.05) is 5.73 Å². The van der Waals surface area contributed by atoms with E-state index in [0.717, 1.165) is 11.8 Å². The van der Waals surface area contributed by atoms with Crippen LogP contribution in [0.3, 0.4) is 0 Å². The molecule has 0 aromatic carbocycles. The molecule has 0 aliphatic heterocycles. The summed E-state index contributed by atoms with van der Waals surface area (Å²) >= 11 is 0. The first-order valence-electron chi connectivity index (χ1n) is 6.08. The maximum Gasteiger partial charge on any atom is 0.419 e. The van der Waals surface area contributed by atoms with Crippen molar-refractivity contribution in [1.82, 2.24) is 9.97 Å². The molecule has 2 N–H and O–H groups in total. The monoisotopic (exact) mass is 281 g/mol. The lowest BCUT2D eigenvalue weighted by atomic mass is 9.98. The molecule has 0 atom stereocenters. The van der Waals surface area contributed by atoms with E-state index in [1.165, 1.54) is 6.20 Å². The van der Waals surface area contributed by atoms with Crippen molar-refractivity contribution in [3.8, 4) is 11.1 Å². The molecule has 0 fully saturated rings. The van der Waals surface area contributed by atoms with Crippen molar-refractivity contribution in [2.45, 2.75) is 25.9 Å². The number of aromatic nitrogens is 2. The SMILES string of the molecule is CC(C)c1ncccc1-c1cnc(N)c(C(F)(F)F)c1. The Bertz CT molecular complexity index is 621. The third-order valence-electron chi connectivity index (χ3n) is 2.92. The van der Waals surface area contributed by atoms with E-state index < -0.39 is 17.6 Å². The Balaban J connectivity index is 2.60.